The van der Waals surface area contributed by atoms with E-state index in [1.807, 2.05) is 19.3 Å². The molecule has 0 fully saturated rings. The predicted octanol–water partition coefficient (Wildman–Crippen LogP) is 0.262. The minimum atomic E-state index is 0.402. The van der Waals surface area contributed by atoms with Crippen molar-refractivity contribution < 1.29 is 0 Å². The first-order chi connectivity index (χ1) is 4.68. The van der Waals surface area contributed by atoms with E-state index in [4.69, 9.17) is 5.73 Å². The van der Waals surface area contributed by atoms with Gasteiger partial charge in [-0.25, -0.2) is 0 Å². The first-order valence-electron chi connectivity index (χ1n) is 2.89. The second-order valence-electron chi connectivity index (χ2n) is 2.02. The zero-order valence-corrected chi connectivity index (χ0v) is 5.83. The highest BCUT2D eigenvalue weighted by Gasteiger charge is 1.92. The van der Waals surface area contributed by atoms with Crippen LogP contribution in [0.3, 0.4) is 0 Å². The average Bonchev–Trinajstić information content (AvgIpc) is 2.13. The molecule has 10 heavy (non-hydrogen) atoms. The maximum absolute atomic E-state index is 5.28. The smallest absolute Gasteiger partial charge is 0.153 e. The molecule has 0 radical (unpaired) electrons. The molecule has 0 aliphatic carbocycles. The van der Waals surface area contributed by atoms with Gasteiger partial charge in [0.15, 0.2) is 5.82 Å². The molecule has 54 valence electrons. The highest BCUT2D eigenvalue weighted by molar-refractivity contribution is 5.37. The van der Waals surface area contributed by atoms with E-state index in [0.29, 0.717) is 5.82 Å². The first-order valence-corrected chi connectivity index (χ1v) is 2.89. The number of rotatable bonds is 2. The fraction of sp³-hybridized carbons (Fsp3) is 0.167. The zero-order chi connectivity index (χ0) is 7.56. The van der Waals surface area contributed by atoms with Crippen molar-refractivity contribution in [2.45, 2.75) is 0 Å². The molecular weight excluding hydrogens is 128 g/mol. The molecule has 0 atom stereocenters. The van der Waals surface area contributed by atoms with E-state index in [1.165, 1.54) is 0 Å². The van der Waals surface area contributed by atoms with E-state index >= 15 is 0 Å². The van der Waals surface area contributed by atoms with Crippen molar-refractivity contribution in [2.75, 3.05) is 5.32 Å². The Morgan fingerprint density at radius 2 is 2.60 bits per heavy atom. The first kappa shape index (κ1) is 6.67. The normalized spacial score (nSPS) is 9.30. The molecule has 1 heterocycles. The molecule has 0 bridgehead atoms. The van der Waals surface area contributed by atoms with Gasteiger partial charge in [0.25, 0.3) is 0 Å². The fourth-order valence-electron chi connectivity index (χ4n) is 0.646. The third kappa shape index (κ3) is 1.51. The van der Waals surface area contributed by atoms with Crippen molar-refractivity contribution in [1.82, 2.24) is 9.78 Å². The van der Waals surface area contributed by atoms with Gasteiger partial charge in [0.05, 0.1) is 5.82 Å². The van der Waals surface area contributed by atoms with Gasteiger partial charge in [-0.3, -0.25) is 4.68 Å². The van der Waals surface area contributed by atoms with Gasteiger partial charge in [-0.2, -0.15) is 5.10 Å². The number of aryl methyl sites for hydroxylation is 1. The third-order valence-electron chi connectivity index (χ3n) is 1.00. The van der Waals surface area contributed by atoms with Gasteiger partial charge in [-0.1, -0.05) is 6.58 Å². The van der Waals surface area contributed by atoms with Gasteiger partial charge in [-0.05, 0) is 0 Å². The molecule has 0 spiro atoms. The molecule has 0 aliphatic rings. The van der Waals surface area contributed by atoms with Crippen LogP contribution in [-0.2, 0) is 7.05 Å². The summed E-state index contributed by atoms with van der Waals surface area (Å²) >= 11 is 0. The molecule has 0 amide bonds. The molecule has 1 aromatic rings. The number of nitrogens with two attached hydrogens (primary N) is 1. The number of aromatic nitrogens is 2. The minimum Gasteiger partial charge on any atom is -0.386 e. The summed E-state index contributed by atoms with van der Waals surface area (Å²) in [5.41, 5.74) is 5.28. The van der Waals surface area contributed by atoms with Gasteiger partial charge < -0.3 is 11.1 Å². The molecule has 3 N–H and O–H groups in total. The molecule has 0 unspecified atom stereocenters. The molecule has 0 saturated heterocycles. The molecule has 0 aromatic carbocycles. The average molecular weight is 138 g/mol. The number of nitrogens with one attached hydrogen (secondary N) is 1. The number of hydrogen-bond donors (Lipinski definition) is 2. The van der Waals surface area contributed by atoms with Gasteiger partial charge in [0.1, 0.15) is 0 Å². The summed E-state index contributed by atoms with van der Waals surface area (Å²) in [7, 11) is 1.84. The van der Waals surface area contributed by atoms with Gasteiger partial charge >= 0.3 is 0 Å². The summed E-state index contributed by atoms with van der Waals surface area (Å²) in [6.45, 7) is 3.48. The molecule has 0 aliphatic heterocycles. The van der Waals surface area contributed by atoms with Crippen molar-refractivity contribution in [2.24, 2.45) is 12.8 Å². The van der Waals surface area contributed by atoms with Crippen molar-refractivity contribution in [3.05, 3.63) is 24.7 Å². The van der Waals surface area contributed by atoms with Crippen molar-refractivity contribution >= 4 is 5.82 Å². The quantitative estimate of drug-likeness (QED) is 0.616. The molecule has 4 heteroatoms. The van der Waals surface area contributed by atoms with E-state index in [-0.39, 0.29) is 0 Å². The van der Waals surface area contributed by atoms with Crippen LogP contribution in [0, 0.1) is 0 Å². The Balaban J connectivity index is 2.67. The molecule has 1 aromatic heterocycles. The van der Waals surface area contributed by atoms with Crippen molar-refractivity contribution in [1.29, 1.82) is 0 Å². The van der Waals surface area contributed by atoms with Crippen LogP contribution in [0.1, 0.15) is 0 Å². The lowest BCUT2D eigenvalue weighted by molar-refractivity contribution is 0.770. The number of hydrogen-bond acceptors (Lipinski definition) is 3. The van der Waals surface area contributed by atoms with E-state index in [0.717, 1.165) is 5.82 Å². The minimum absolute atomic E-state index is 0.402. The highest BCUT2D eigenvalue weighted by Crippen LogP contribution is 2.00. The lowest BCUT2D eigenvalue weighted by Crippen LogP contribution is -2.07. The van der Waals surface area contributed by atoms with E-state index in [1.54, 1.807) is 4.68 Å². The zero-order valence-electron chi connectivity index (χ0n) is 5.83. The van der Waals surface area contributed by atoms with Crippen LogP contribution >= 0.6 is 0 Å². The van der Waals surface area contributed by atoms with E-state index < -0.39 is 0 Å². The molecule has 1 rings (SSSR count). The standard InChI is InChI=1S/C6H10N4/c1-5(7)8-6-3-4-10(2)9-6/h3-4H,1,7H2,2H3,(H,8,9). The summed E-state index contributed by atoms with van der Waals surface area (Å²) in [6.07, 6.45) is 1.82. The van der Waals surface area contributed by atoms with E-state index in [2.05, 4.69) is 17.0 Å². The van der Waals surface area contributed by atoms with Gasteiger partial charge in [0, 0.05) is 19.3 Å². The van der Waals surface area contributed by atoms with Crippen LogP contribution in [0.2, 0.25) is 0 Å². The Morgan fingerprint density at radius 1 is 1.90 bits per heavy atom. The molecule has 4 nitrogen and oxygen atoms in total. The SMILES string of the molecule is C=C(N)Nc1ccn(C)n1. The monoisotopic (exact) mass is 138 g/mol. The number of nitrogens with zero attached hydrogens (tertiary/aromatic N) is 2. The lowest BCUT2D eigenvalue weighted by Gasteiger charge is -1.97. The van der Waals surface area contributed by atoms with Crippen LogP contribution in [0.25, 0.3) is 0 Å². The Labute approximate surface area is 59.3 Å². The Hall–Kier alpha value is -1.45. The highest BCUT2D eigenvalue weighted by atomic mass is 15.3. The summed E-state index contributed by atoms with van der Waals surface area (Å²) in [5, 5.41) is 6.79. The maximum Gasteiger partial charge on any atom is 0.153 e. The van der Waals surface area contributed by atoms with E-state index in [9.17, 15) is 0 Å². The predicted molar refractivity (Wildman–Crippen MR) is 40.2 cm³/mol. The summed E-state index contributed by atoms with van der Waals surface area (Å²) in [5.74, 6) is 1.12. The Kier molecular flexibility index (Phi) is 1.62. The largest absolute Gasteiger partial charge is 0.386 e. The topological polar surface area (TPSA) is 55.9 Å². The Morgan fingerprint density at radius 3 is 3.00 bits per heavy atom. The van der Waals surface area contributed by atoms with Crippen LogP contribution in [0.15, 0.2) is 24.7 Å². The van der Waals surface area contributed by atoms with Gasteiger partial charge in [0.2, 0.25) is 0 Å². The summed E-state index contributed by atoms with van der Waals surface area (Å²) < 4.78 is 1.69. The summed E-state index contributed by atoms with van der Waals surface area (Å²) in [4.78, 5) is 0. The number of anilines is 1. The van der Waals surface area contributed by atoms with Crippen LogP contribution in [0.5, 0.6) is 0 Å². The van der Waals surface area contributed by atoms with Crippen LogP contribution < -0.4 is 11.1 Å². The lowest BCUT2D eigenvalue weighted by atomic mass is 10.6. The molecule has 0 saturated carbocycles. The van der Waals surface area contributed by atoms with Crippen molar-refractivity contribution in [3.63, 3.8) is 0 Å². The van der Waals surface area contributed by atoms with Crippen LogP contribution in [-0.4, -0.2) is 9.78 Å². The second kappa shape index (κ2) is 2.43. The van der Waals surface area contributed by atoms with Gasteiger partial charge in [-0.15, -0.1) is 0 Å². The molecular formula is C6H10N4. The third-order valence-corrected chi connectivity index (χ3v) is 1.00. The van der Waals surface area contributed by atoms with Crippen LogP contribution in [0.4, 0.5) is 5.82 Å². The second-order valence-corrected chi connectivity index (χ2v) is 2.02. The summed E-state index contributed by atoms with van der Waals surface area (Å²) in [6, 6.07) is 1.82. The maximum atomic E-state index is 5.28. The Bertz CT molecular complexity index is 238. The van der Waals surface area contributed by atoms with Crippen molar-refractivity contribution in [3.8, 4) is 0 Å². The fourth-order valence-corrected chi connectivity index (χ4v) is 0.646.